The molecule has 9 nitrogen and oxygen atoms in total. The molecule has 0 spiro atoms. The van der Waals surface area contributed by atoms with Crippen molar-refractivity contribution in [2.24, 2.45) is 0 Å². The molecule has 0 aliphatic carbocycles. The number of carbonyl (C=O) groups excluding carboxylic acids is 1. The van der Waals surface area contributed by atoms with Crippen LogP contribution in [0.3, 0.4) is 0 Å². The largest absolute Gasteiger partial charge is 0.453 e. The first kappa shape index (κ1) is 14.6. The third kappa shape index (κ3) is 3.64. The van der Waals surface area contributed by atoms with Gasteiger partial charge in [-0.2, -0.15) is 0 Å². The van der Waals surface area contributed by atoms with Crippen LogP contribution in [0.4, 0.5) is 5.69 Å². The second-order valence-corrected chi connectivity index (χ2v) is 4.48. The summed E-state index contributed by atoms with van der Waals surface area (Å²) in [6.45, 7) is 1.65. The Morgan fingerprint density at radius 1 is 1.13 bits per heavy atom. The summed E-state index contributed by atoms with van der Waals surface area (Å²) < 4.78 is 6.89. The number of rotatable bonds is 5. The van der Waals surface area contributed by atoms with Gasteiger partial charge in [0.15, 0.2) is 6.61 Å². The van der Waals surface area contributed by atoms with Crippen molar-refractivity contribution in [1.29, 1.82) is 0 Å². The van der Waals surface area contributed by atoms with Crippen molar-refractivity contribution in [3.8, 4) is 12.0 Å². The fourth-order valence-corrected chi connectivity index (χ4v) is 1.79. The van der Waals surface area contributed by atoms with Crippen LogP contribution in [0, 0.1) is 6.92 Å². The Morgan fingerprint density at radius 2 is 1.87 bits per heavy atom. The van der Waals surface area contributed by atoms with E-state index in [1.165, 1.54) is 24.8 Å². The summed E-state index contributed by atoms with van der Waals surface area (Å²) in [5, 5.41) is 2.63. The molecule has 0 unspecified atom stereocenters. The van der Waals surface area contributed by atoms with Crippen molar-refractivity contribution in [3.05, 3.63) is 49.1 Å². The summed E-state index contributed by atoms with van der Waals surface area (Å²) >= 11 is 0. The molecule has 3 aromatic rings. The summed E-state index contributed by atoms with van der Waals surface area (Å²) in [7, 11) is 0. The van der Waals surface area contributed by atoms with Gasteiger partial charge in [-0.1, -0.05) is 0 Å². The normalized spacial score (nSPS) is 10.3. The summed E-state index contributed by atoms with van der Waals surface area (Å²) in [4.78, 5) is 32.0. The van der Waals surface area contributed by atoms with E-state index in [2.05, 4.69) is 30.2 Å². The molecule has 1 amide bonds. The molecule has 3 aromatic heterocycles. The Labute approximate surface area is 131 Å². The predicted molar refractivity (Wildman–Crippen MR) is 80.0 cm³/mol. The van der Waals surface area contributed by atoms with Gasteiger partial charge in [-0.25, -0.2) is 24.9 Å². The van der Waals surface area contributed by atoms with Gasteiger partial charge in [0.25, 0.3) is 5.91 Å². The Morgan fingerprint density at radius 3 is 2.52 bits per heavy atom. The highest BCUT2D eigenvalue weighted by Crippen LogP contribution is 2.08. The molecule has 0 aliphatic heterocycles. The van der Waals surface area contributed by atoms with E-state index in [0.717, 1.165) is 5.82 Å². The number of hydrogen-bond donors (Lipinski definition) is 1. The van der Waals surface area contributed by atoms with E-state index in [4.69, 9.17) is 4.74 Å². The van der Waals surface area contributed by atoms with Gasteiger partial charge in [0.05, 0.1) is 18.1 Å². The molecule has 0 aliphatic rings. The Balaban J connectivity index is 1.58. The van der Waals surface area contributed by atoms with Gasteiger partial charge < -0.3 is 10.1 Å². The second kappa shape index (κ2) is 6.60. The van der Waals surface area contributed by atoms with Gasteiger partial charge in [-0.15, -0.1) is 0 Å². The number of imidazole rings is 1. The Kier molecular flexibility index (Phi) is 4.18. The van der Waals surface area contributed by atoms with E-state index in [-0.39, 0.29) is 18.5 Å². The molecule has 9 heteroatoms. The van der Waals surface area contributed by atoms with Crippen LogP contribution < -0.4 is 10.1 Å². The van der Waals surface area contributed by atoms with E-state index < -0.39 is 0 Å². The lowest BCUT2D eigenvalue weighted by atomic mass is 10.5. The van der Waals surface area contributed by atoms with Crippen LogP contribution in [0.25, 0.3) is 5.95 Å². The first-order valence-corrected chi connectivity index (χ1v) is 6.74. The lowest BCUT2D eigenvalue weighted by Gasteiger charge is -2.07. The third-order valence-electron chi connectivity index (χ3n) is 2.84. The van der Waals surface area contributed by atoms with Crippen molar-refractivity contribution in [3.63, 3.8) is 0 Å². The molecule has 116 valence electrons. The zero-order valence-corrected chi connectivity index (χ0v) is 12.2. The highest BCUT2D eigenvalue weighted by Gasteiger charge is 2.07. The topological polar surface area (TPSA) is 108 Å². The lowest BCUT2D eigenvalue weighted by molar-refractivity contribution is -0.118. The number of aryl methyl sites for hydroxylation is 1. The first-order valence-electron chi connectivity index (χ1n) is 6.74. The second-order valence-electron chi connectivity index (χ2n) is 4.48. The maximum absolute atomic E-state index is 11.8. The molecule has 0 aromatic carbocycles. The van der Waals surface area contributed by atoms with Gasteiger partial charge in [0.1, 0.15) is 5.82 Å². The standard InChI is InChI=1S/C14H13N7O2/c1-10-15-5-6-21(10)13-18-7-11(8-19-13)20-12(22)9-23-14-16-3-2-4-17-14/h2-8H,9H2,1H3,(H,20,22). The average molecular weight is 311 g/mol. The summed E-state index contributed by atoms with van der Waals surface area (Å²) in [6.07, 6.45) is 9.52. The molecule has 3 rings (SSSR count). The van der Waals surface area contributed by atoms with E-state index in [0.29, 0.717) is 11.6 Å². The number of amides is 1. The van der Waals surface area contributed by atoms with Gasteiger partial charge >= 0.3 is 6.01 Å². The zero-order chi connectivity index (χ0) is 16.1. The van der Waals surface area contributed by atoms with Gasteiger partial charge in [0, 0.05) is 24.8 Å². The van der Waals surface area contributed by atoms with Crippen molar-refractivity contribution >= 4 is 11.6 Å². The van der Waals surface area contributed by atoms with Gasteiger partial charge in [0.2, 0.25) is 5.95 Å². The molecule has 0 saturated heterocycles. The molecule has 0 atom stereocenters. The van der Waals surface area contributed by atoms with Gasteiger partial charge in [-0.05, 0) is 13.0 Å². The molecular formula is C14H13N7O2. The number of carbonyl (C=O) groups is 1. The van der Waals surface area contributed by atoms with E-state index >= 15 is 0 Å². The first-order chi connectivity index (χ1) is 11.2. The predicted octanol–water partition coefficient (Wildman–Crippen LogP) is 0.778. The van der Waals surface area contributed by atoms with Crippen LogP contribution in [0.2, 0.25) is 0 Å². The Hall–Kier alpha value is -3.36. The molecule has 0 fully saturated rings. The van der Waals surface area contributed by atoms with Crippen LogP contribution in [0.5, 0.6) is 6.01 Å². The fraction of sp³-hybridized carbons (Fsp3) is 0.143. The monoisotopic (exact) mass is 311 g/mol. The average Bonchev–Trinajstić information content (AvgIpc) is 3.01. The van der Waals surface area contributed by atoms with Crippen molar-refractivity contribution in [2.45, 2.75) is 6.92 Å². The molecule has 0 saturated carbocycles. The molecule has 23 heavy (non-hydrogen) atoms. The number of anilines is 1. The third-order valence-corrected chi connectivity index (χ3v) is 2.84. The van der Waals surface area contributed by atoms with Crippen LogP contribution in [0.1, 0.15) is 5.82 Å². The van der Waals surface area contributed by atoms with Crippen LogP contribution >= 0.6 is 0 Å². The van der Waals surface area contributed by atoms with Gasteiger partial charge in [-0.3, -0.25) is 9.36 Å². The molecule has 1 N–H and O–H groups in total. The minimum Gasteiger partial charge on any atom is -0.453 e. The summed E-state index contributed by atoms with van der Waals surface area (Å²) in [6, 6.07) is 1.80. The number of nitrogens with zero attached hydrogens (tertiary/aromatic N) is 6. The zero-order valence-electron chi connectivity index (χ0n) is 12.2. The molecule has 0 bridgehead atoms. The quantitative estimate of drug-likeness (QED) is 0.741. The molecular weight excluding hydrogens is 298 g/mol. The number of nitrogens with one attached hydrogen (secondary N) is 1. The molecule has 0 radical (unpaired) electrons. The highest BCUT2D eigenvalue weighted by atomic mass is 16.5. The minimum absolute atomic E-state index is 0.143. The van der Waals surface area contributed by atoms with E-state index in [1.54, 1.807) is 23.0 Å². The summed E-state index contributed by atoms with van der Waals surface area (Å²) in [5.41, 5.74) is 0.467. The maximum atomic E-state index is 11.8. The number of hydrogen-bond acceptors (Lipinski definition) is 7. The lowest BCUT2D eigenvalue weighted by Crippen LogP contribution is -2.21. The van der Waals surface area contributed by atoms with Crippen LogP contribution in [-0.4, -0.2) is 42.0 Å². The maximum Gasteiger partial charge on any atom is 0.316 e. The highest BCUT2D eigenvalue weighted by molar-refractivity contribution is 5.91. The number of aromatic nitrogens is 6. The smallest absolute Gasteiger partial charge is 0.316 e. The SMILES string of the molecule is Cc1nccn1-c1ncc(NC(=O)COc2ncccn2)cn1. The molecule has 3 heterocycles. The minimum atomic E-state index is -0.354. The van der Waals surface area contributed by atoms with E-state index in [9.17, 15) is 4.79 Å². The van der Waals surface area contributed by atoms with Crippen molar-refractivity contribution < 1.29 is 9.53 Å². The van der Waals surface area contributed by atoms with Crippen molar-refractivity contribution in [1.82, 2.24) is 29.5 Å². The van der Waals surface area contributed by atoms with Crippen molar-refractivity contribution in [2.75, 3.05) is 11.9 Å². The van der Waals surface area contributed by atoms with Crippen LogP contribution in [0.15, 0.2) is 43.2 Å². The number of ether oxygens (including phenoxy) is 1. The van der Waals surface area contributed by atoms with Crippen LogP contribution in [-0.2, 0) is 4.79 Å². The van der Waals surface area contributed by atoms with E-state index in [1.807, 2.05) is 6.92 Å². The Bertz CT molecular complexity index is 786. The summed E-state index contributed by atoms with van der Waals surface area (Å²) in [5.74, 6) is 0.901. The fourth-order valence-electron chi connectivity index (χ4n) is 1.79.